The zero-order valence-corrected chi connectivity index (χ0v) is 14.3. The Morgan fingerprint density at radius 3 is 2.50 bits per heavy atom. The molecule has 4 nitrogen and oxygen atoms in total. The molecule has 2 heterocycles. The monoisotopic (exact) mass is 388 g/mol. The van der Waals surface area contributed by atoms with Crippen molar-refractivity contribution in [2.45, 2.75) is 31.7 Å². The third kappa shape index (κ3) is 3.03. The fourth-order valence-corrected chi connectivity index (χ4v) is 3.04. The topological polar surface area (TPSA) is 62.2 Å². The molecule has 1 unspecified atom stereocenters. The van der Waals surface area contributed by atoms with Gasteiger partial charge < -0.3 is 10.4 Å². The summed E-state index contributed by atoms with van der Waals surface area (Å²) in [4.78, 5) is 16.2. The average Bonchev–Trinajstić information content (AvgIpc) is 2.77. The molecule has 0 aliphatic carbocycles. The van der Waals surface area contributed by atoms with E-state index < -0.39 is 35.2 Å². The van der Waals surface area contributed by atoms with Gasteiger partial charge in [-0.15, -0.1) is 0 Å². The van der Waals surface area contributed by atoms with Gasteiger partial charge >= 0.3 is 6.18 Å². The number of aliphatic hydroxyl groups is 1. The number of hydrogen-bond acceptors (Lipinski definition) is 3. The molecule has 2 aromatic rings. The predicted octanol–water partition coefficient (Wildman–Crippen LogP) is 4.12. The molecule has 0 bridgehead atoms. The maximum absolute atomic E-state index is 13.4. The van der Waals surface area contributed by atoms with Crippen LogP contribution in [0.1, 0.15) is 41.6 Å². The first-order valence-corrected chi connectivity index (χ1v) is 7.88. The van der Waals surface area contributed by atoms with Crippen molar-refractivity contribution in [2.75, 3.05) is 0 Å². The van der Waals surface area contributed by atoms with Crippen LogP contribution in [-0.4, -0.2) is 22.2 Å². The Kier molecular flexibility index (Phi) is 4.23. The second kappa shape index (κ2) is 5.92. The molecular weight excluding hydrogens is 376 g/mol. The largest absolute Gasteiger partial charge is 0.420 e. The lowest BCUT2D eigenvalue weighted by Gasteiger charge is -2.22. The Bertz CT molecular complexity index is 912. The third-order valence-corrected chi connectivity index (χ3v) is 4.44. The van der Waals surface area contributed by atoms with E-state index in [1.807, 2.05) is 0 Å². The molecule has 0 saturated heterocycles. The van der Waals surface area contributed by atoms with Gasteiger partial charge in [-0.05, 0) is 43.7 Å². The van der Waals surface area contributed by atoms with Crippen molar-refractivity contribution in [1.29, 1.82) is 0 Å². The molecule has 138 valence electrons. The first-order valence-electron chi connectivity index (χ1n) is 7.50. The van der Waals surface area contributed by atoms with Crippen LogP contribution in [0.3, 0.4) is 0 Å². The van der Waals surface area contributed by atoms with Gasteiger partial charge in [0.1, 0.15) is 5.82 Å². The summed E-state index contributed by atoms with van der Waals surface area (Å²) in [6.07, 6.45) is -7.76. The van der Waals surface area contributed by atoms with Crippen LogP contribution < -0.4 is 5.32 Å². The number of rotatable bonds is 2. The highest BCUT2D eigenvalue weighted by Gasteiger charge is 2.44. The van der Waals surface area contributed by atoms with Crippen LogP contribution in [-0.2, 0) is 5.54 Å². The minimum absolute atomic E-state index is 0.0656. The fourth-order valence-electron chi connectivity index (χ4n) is 2.86. The summed E-state index contributed by atoms with van der Waals surface area (Å²) in [5.41, 5.74) is -1.24. The first-order chi connectivity index (χ1) is 11.9. The summed E-state index contributed by atoms with van der Waals surface area (Å²) in [6.45, 7) is 3.23. The number of carbonyl (C=O) groups excluding carboxylic acids is 1. The molecule has 1 atom stereocenters. The lowest BCUT2D eigenvalue weighted by Crippen LogP contribution is -2.32. The molecule has 1 aliphatic rings. The van der Waals surface area contributed by atoms with Gasteiger partial charge in [-0.1, -0.05) is 11.6 Å². The molecule has 0 radical (unpaired) electrons. The number of nitrogens with zero attached hydrogens (tertiary/aromatic N) is 1. The highest BCUT2D eigenvalue weighted by atomic mass is 35.5. The highest BCUT2D eigenvalue weighted by Crippen LogP contribution is 2.40. The number of halogens is 5. The number of nitrogens with one attached hydrogen (secondary N) is 1. The molecule has 1 aromatic heterocycles. The quantitative estimate of drug-likeness (QED) is 0.761. The van der Waals surface area contributed by atoms with E-state index in [1.54, 1.807) is 13.8 Å². The first kappa shape index (κ1) is 18.6. The summed E-state index contributed by atoms with van der Waals surface area (Å²) < 4.78 is 52.3. The van der Waals surface area contributed by atoms with E-state index in [0.717, 1.165) is 12.1 Å². The minimum atomic E-state index is -4.93. The zero-order chi connectivity index (χ0) is 19.4. The van der Waals surface area contributed by atoms with Crippen molar-refractivity contribution in [3.63, 3.8) is 0 Å². The molecule has 0 saturated carbocycles. The van der Waals surface area contributed by atoms with E-state index in [-0.39, 0.29) is 27.4 Å². The third-order valence-electron chi connectivity index (χ3n) is 4.15. The van der Waals surface area contributed by atoms with Gasteiger partial charge in [0.15, 0.2) is 6.10 Å². The van der Waals surface area contributed by atoms with Crippen molar-refractivity contribution >= 4 is 17.5 Å². The standard InChI is InChI=1S/C17H13ClF4N2O2/c1-16(2)8-6-11(14(25)17(20,21)22)23-13(12(8)15(26)24-16)7-3-4-10(19)9(18)5-7/h3-6,14,25H,1-2H3,(H,24,26). The molecule has 3 rings (SSSR count). The molecule has 0 spiro atoms. The molecule has 9 heteroatoms. The number of carbonyl (C=O) groups is 1. The second-order valence-corrected chi connectivity index (χ2v) is 6.88. The van der Waals surface area contributed by atoms with E-state index in [1.165, 1.54) is 12.1 Å². The van der Waals surface area contributed by atoms with Gasteiger partial charge in [0, 0.05) is 5.56 Å². The average molecular weight is 389 g/mol. The van der Waals surface area contributed by atoms with Crippen LogP contribution in [0.15, 0.2) is 24.3 Å². The lowest BCUT2D eigenvalue weighted by atomic mass is 9.91. The van der Waals surface area contributed by atoms with Crippen LogP contribution >= 0.6 is 11.6 Å². The Hall–Kier alpha value is -2.19. The summed E-state index contributed by atoms with van der Waals surface area (Å²) in [7, 11) is 0. The van der Waals surface area contributed by atoms with Crippen molar-refractivity contribution < 1.29 is 27.5 Å². The van der Waals surface area contributed by atoms with Crippen LogP contribution in [0.25, 0.3) is 11.3 Å². The molecule has 26 heavy (non-hydrogen) atoms. The van der Waals surface area contributed by atoms with Crippen molar-refractivity contribution in [3.05, 3.63) is 51.9 Å². The van der Waals surface area contributed by atoms with Gasteiger partial charge in [-0.25, -0.2) is 9.37 Å². The summed E-state index contributed by atoms with van der Waals surface area (Å²) >= 11 is 5.75. The van der Waals surface area contributed by atoms with E-state index in [0.29, 0.717) is 0 Å². The molecule has 1 amide bonds. The number of pyridine rings is 1. The van der Waals surface area contributed by atoms with Gasteiger partial charge in [0.05, 0.1) is 27.5 Å². The molecule has 1 aliphatic heterocycles. The van der Waals surface area contributed by atoms with Crippen molar-refractivity contribution in [2.24, 2.45) is 0 Å². The number of aromatic nitrogens is 1. The fraction of sp³-hybridized carbons (Fsp3) is 0.294. The van der Waals surface area contributed by atoms with Gasteiger partial charge in [-0.2, -0.15) is 13.2 Å². The number of hydrogen-bond donors (Lipinski definition) is 2. The van der Waals surface area contributed by atoms with Crippen LogP contribution in [0, 0.1) is 5.82 Å². The van der Waals surface area contributed by atoms with Gasteiger partial charge in [0.25, 0.3) is 5.91 Å². The number of amides is 1. The van der Waals surface area contributed by atoms with Gasteiger partial charge in [-0.3, -0.25) is 4.79 Å². The SMILES string of the molecule is CC1(C)NC(=O)c2c1cc(C(O)C(F)(F)F)nc2-c1ccc(F)c(Cl)c1. The predicted molar refractivity (Wildman–Crippen MR) is 86.1 cm³/mol. The second-order valence-electron chi connectivity index (χ2n) is 6.47. The summed E-state index contributed by atoms with van der Waals surface area (Å²) in [6, 6.07) is 4.50. The van der Waals surface area contributed by atoms with E-state index in [4.69, 9.17) is 11.6 Å². The number of fused-ring (bicyclic) bond motifs is 1. The number of alkyl halides is 3. The normalized spacial score (nSPS) is 17.0. The maximum atomic E-state index is 13.4. The minimum Gasteiger partial charge on any atom is -0.378 e. The van der Waals surface area contributed by atoms with Crippen molar-refractivity contribution in [3.8, 4) is 11.3 Å². The zero-order valence-electron chi connectivity index (χ0n) is 13.6. The molecule has 2 N–H and O–H groups in total. The molecule has 1 aromatic carbocycles. The molecular formula is C17H13ClF4N2O2. The smallest absolute Gasteiger partial charge is 0.378 e. The van der Waals surface area contributed by atoms with Crippen LogP contribution in [0.2, 0.25) is 5.02 Å². The molecule has 0 fully saturated rings. The maximum Gasteiger partial charge on any atom is 0.420 e. The van der Waals surface area contributed by atoms with Crippen LogP contribution in [0.5, 0.6) is 0 Å². The number of aliphatic hydroxyl groups excluding tert-OH is 1. The van der Waals surface area contributed by atoms with E-state index in [9.17, 15) is 27.5 Å². The lowest BCUT2D eigenvalue weighted by molar-refractivity contribution is -0.207. The van der Waals surface area contributed by atoms with Crippen molar-refractivity contribution in [1.82, 2.24) is 10.3 Å². The number of benzene rings is 1. The Labute approximate surface area is 150 Å². The summed E-state index contributed by atoms with van der Waals surface area (Å²) in [5.74, 6) is -1.25. The highest BCUT2D eigenvalue weighted by molar-refractivity contribution is 6.31. The Balaban J connectivity index is 2.31. The van der Waals surface area contributed by atoms with Gasteiger partial charge in [0.2, 0.25) is 0 Å². The van der Waals surface area contributed by atoms with Crippen LogP contribution in [0.4, 0.5) is 17.6 Å². The van der Waals surface area contributed by atoms with E-state index >= 15 is 0 Å². The Morgan fingerprint density at radius 1 is 1.27 bits per heavy atom. The van der Waals surface area contributed by atoms with E-state index in [2.05, 4.69) is 10.3 Å². The summed E-state index contributed by atoms with van der Waals surface area (Å²) in [5, 5.41) is 12.0. The Morgan fingerprint density at radius 2 is 1.92 bits per heavy atom.